The van der Waals surface area contributed by atoms with Gasteiger partial charge in [-0.15, -0.1) is 11.3 Å². The Balaban J connectivity index is 1.30. The first-order valence-corrected chi connectivity index (χ1v) is 15.5. The molecule has 3 saturated heterocycles. The van der Waals surface area contributed by atoms with Crippen LogP contribution in [0.5, 0.6) is 0 Å². The maximum atomic E-state index is 13.2. The number of carboxylic acid groups (broad SMARTS) is 1. The SMILES string of the molecule is CN(C(=O)O)[C@H]1CCN(C[C@@H]2CCCN2C(=O)CN2CCCC(NS(=O)(=O)/C=C/c3ccc(Cl)s3)C2=O)C1. The van der Waals surface area contributed by atoms with Crippen molar-refractivity contribution < 1.29 is 27.9 Å². The first-order chi connectivity index (χ1) is 18.0. The molecule has 2 N–H and O–H groups in total. The Morgan fingerprint density at radius 2 is 1.97 bits per heavy atom. The van der Waals surface area contributed by atoms with Gasteiger partial charge in [0.2, 0.25) is 21.8 Å². The van der Waals surface area contributed by atoms with E-state index >= 15 is 0 Å². The summed E-state index contributed by atoms with van der Waals surface area (Å²) in [6.45, 7) is 3.03. The lowest BCUT2D eigenvalue weighted by molar-refractivity contribution is -0.143. The second-order valence-electron chi connectivity index (χ2n) is 10.0. The van der Waals surface area contributed by atoms with Crippen LogP contribution in [0.15, 0.2) is 17.5 Å². The molecule has 210 valence electrons. The molecule has 4 rings (SSSR count). The van der Waals surface area contributed by atoms with Gasteiger partial charge in [-0.05, 0) is 50.3 Å². The van der Waals surface area contributed by atoms with Gasteiger partial charge in [0.15, 0.2) is 0 Å². The van der Waals surface area contributed by atoms with E-state index in [4.69, 9.17) is 11.6 Å². The molecule has 0 spiro atoms. The van der Waals surface area contributed by atoms with Crippen LogP contribution in [-0.4, -0.2) is 115 Å². The number of likely N-dealkylation sites (tertiary alicyclic amines) is 3. The monoisotopic (exact) mass is 587 g/mol. The minimum Gasteiger partial charge on any atom is -0.465 e. The number of amides is 3. The van der Waals surface area contributed by atoms with E-state index < -0.39 is 28.1 Å². The van der Waals surface area contributed by atoms with Gasteiger partial charge < -0.3 is 19.8 Å². The number of sulfonamides is 1. The Labute approximate surface area is 232 Å². The summed E-state index contributed by atoms with van der Waals surface area (Å²) in [7, 11) is -2.28. The maximum absolute atomic E-state index is 13.2. The highest BCUT2D eigenvalue weighted by Crippen LogP contribution is 2.24. The molecule has 1 aromatic heterocycles. The summed E-state index contributed by atoms with van der Waals surface area (Å²) < 4.78 is 28.1. The van der Waals surface area contributed by atoms with Crippen LogP contribution in [0.3, 0.4) is 0 Å². The highest BCUT2D eigenvalue weighted by atomic mass is 35.5. The van der Waals surface area contributed by atoms with E-state index in [1.165, 1.54) is 27.2 Å². The third kappa shape index (κ3) is 7.26. The van der Waals surface area contributed by atoms with Gasteiger partial charge in [0.1, 0.15) is 6.04 Å². The number of carbonyl (C=O) groups is 3. The standard InChI is InChI=1S/C24H34ClN5O6S2/c1-27(24(33)34)17-8-12-28(14-17)15-18-4-2-11-30(18)22(31)16-29-10-3-5-20(23(29)32)26-38(35,36)13-9-19-6-7-21(25)37-19/h6-7,9,13,17-18,20,26H,2-5,8,10-12,14-16H2,1H3,(H,33,34)/b13-9+/t17-,18-,20?/m0/s1. The predicted molar refractivity (Wildman–Crippen MR) is 145 cm³/mol. The van der Waals surface area contributed by atoms with E-state index in [-0.39, 0.29) is 24.5 Å². The minimum absolute atomic E-state index is 0.0152. The number of nitrogens with zero attached hydrogens (tertiary/aromatic N) is 4. The molecule has 11 nitrogen and oxygen atoms in total. The van der Waals surface area contributed by atoms with Gasteiger partial charge >= 0.3 is 6.09 Å². The summed E-state index contributed by atoms with van der Waals surface area (Å²) in [4.78, 5) is 45.1. The summed E-state index contributed by atoms with van der Waals surface area (Å²) >= 11 is 7.13. The van der Waals surface area contributed by atoms with Crippen LogP contribution >= 0.6 is 22.9 Å². The van der Waals surface area contributed by atoms with Gasteiger partial charge in [-0.25, -0.2) is 13.2 Å². The van der Waals surface area contributed by atoms with Crippen LogP contribution in [0.4, 0.5) is 4.79 Å². The summed E-state index contributed by atoms with van der Waals surface area (Å²) in [6.07, 6.45) is 3.95. The lowest BCUT2D eigenvalue weighted by atomic mass is 10.1. The van der Waals surface area contributed by atoms with Crippen molar-refractivity contribution >= 4 is 56.9 Å². The fourth-order valence-electron chi connectivity index (χ4n) is 5.38. The first kappa shape index (κ1) is 28.8. The van der Waals surface area contributed by atoms with Crippen molar-refractivity contribution in [2.45, 2.75) is 50.2 Å². The van der Waals surface area contributed by atoms with Crippen molar-refractivity contribution in [2.24, 2.45) is 0 Å². The molecule has 4 heterocycles. The third-order valence-corrected chi connectivity index (χ3v) is 9.74. The van der Waals surface area contributed by atoms with Crippen LogP contribution in [0, 0.1) is 0 Å². The molecule has 3 fully saturated rings. The van der Waals surface area contributed by atoms with Crippen molar-refractivity contribution in [3.05, 3.63) is 26.8 Å². The number of halogens is 1. The number of rotatable bonds is 9. The van der Waals surface area contributed by atoms with Gasteiger partial charge in [-0.1, -0.05) is 11.6 Å². The van der Waals surface area contributed by atoms with Gasteiger partial charge in [-0.3, -0.25) is 14.5 Å². The van der Waals surface area contributed by atoms with Gasteiger partial charge in [0.05, 0.1) is 10.9 Å². The molecule has 3 aliphatic heterocycles. The van der Waals surface area contributed by atoms with Crippen LogP contribution in [-0.2, 0) is 19.6 Å². The second kappa shape index (κ2) is 12.3. The number of carbonyl (C=O) groups excluding carboxylic acids is 2. The van der Waals surface area contributed by atoms with Crippen molar-refractivity contribution in [2.75, 3.05) is 46.3 Å². The zero-order valence-corrected chi connectivity index (χ0v) is 23.7. The number of hydrogen-bond acceptors (Lipinski definition) is 7. The van der Waals surface area contributed by atoms with Crippen molar-refractivity contribution in [3.8, 4) is 0 Å². The van der Waals surface area contributed by atoms with E-state index in [0.717, 1.165) is 31.2 Å². The molecular formula is C24H34ClN5O6S2. The first-order valence-electron chi connectivity index (χ1n) is 12.7. The van der Waals surface area contributed by atoms with Crippen molar-refractivity contribution in [3.63, 3.8) is 0 Å². The van der Waals surface area contributed by atoms with E-state index in [9.17, 15) is 27.9 Å². The molecule has 38 heavy (non-hydrogen) atoms. The molecule has 1 unspecified atom stereocenters. The highest BCUT2D eigenvalue weighted by molar-refractivity contribution is 7.92. The average molecular weight is 588 g/mol. The fourth-order valence-corrected chi connectivity index (χ4v) is 7.44. The summed E-state index contributed by atoms with van der Waals surface area (Å²) in [5, 5.41) is 10.3. The van der Waals surface area contributed by atoms with Crippen molar-refractivity contribution in [1.82, 2.24) is 24.3 Å². The molecule has 3 aliphatic rings. The van der Waals surface area contributed by atoms with E-state index in [1.807, 2.05) is 4.90 Å². The molecule has 1 aromatic rings. The Bertz CT molecular complexity index is 1170. The fraction of sp³-hybridized carbons (Fsp3) is 0.625. The lowest BCUT2D eigenvalue weighted by Crippen LogP contribution is -2.55. The molecule has 0 aliphatic carbocycles. The number of hydrogen-bond donors (Lipinski definition) is 2. The Kier molecular flexibility index (Phi) is 9.35. The number of likely N-dealkylation sites (N-methyl/N-ethyl adjacent to an activating group) is 1. The number of nitrogens with one attached hydrogen (secondary N) is 1. The molecule has 0 bridgehead atoms. The normalized spacial score (nSPS) is 25.0. The molecule has 3 amide bonds. The molecule has 0 radical (unpaired) electrons. The molecule has 0 aromatic carbocycles. The Hall–Kier alpha value is -2.19. The van der Waals surface area contributed by atoms with Crippen LogP contribution < -0.4 is 4.72 Å². The number of piperidine rings is 1. The van der Waals surface area contributed by atoms with Gasteiger partial charge in [0.25, 0.3) is 0 Å². The number of thiophene rings is 1. The van der Waals surface area contributed by atoms with Crippen LogP contribution in [0.1, 0.15) is 37.0 Å². The summed E-state index contributed by atoms with van der Waals surface area (Å²) in [6, 6.07) is 2.43. The molecule has 0 saturated carbocycles. The Morgan fingerprint density at radius 1 is 1.21 bits per heavy atom. The molecular weight excluding hydrogens is 554 g/mol. The van der Waals surface area contributed by atoms with Gasteiger partial charge in [0, 0.05) is 62.1 Å². The third-order valence-electron chi connectivity index (χ3n) is 7.43. The largest absolute Gasteiger partial charge is 0.465 e. The van der Waals surface area contributed by atoms with Crippen LogP contribution in [0.2, 0.25) is 4.34 Å². The minimum atomic E-state index is -3.86. The quantitative estimate of drug-likeness (QED) is 0.451. The Morgan fingerprint density at radius 3 is 2.68 bits per heavy atom. The zero-order chi connectivity index (χ0) is 27.4. The smallest absolute Gasteiger partial charge is 0.407 e. The highest BCUT2D eigenvalue weighted by Gasteiger charge is 2.37. The lowest BCUT2D eigenvalue weighted by Gasteiger charge is -2.34. The molecule has 3 atom stereocenters. The van der Waals surface area contributed by atoms with E-state index in [2.05, 4.69) is 9.62 Å². The zero-order valence-electron chi connectivity index (χ0n) is 21.3. The summed E-state index contributed by atoms with van der Waals surface area (Å²) in [5.74, 6) is -0.534. The molecule has 14 heteroatoms. The maximum Gasteiger partial charge on any atom is 0.407 e. The van der Waals surface area contributed by atoms with Crippen LogP contribution in [0.25, 0.3) is 6.08 Å². The van der Waals surface area contributed by atoms with E-state index in [0.29, 0.717) is 48.2 Å². The summed E-state index contributed by atoms with van der Waals surface area (Å²) in [5.41, 5.74) is 0. The predicted octanol–water partition coefficient (Wildman–Crippen LogP) is 1.96. The second-order valence-corrected chi connectivity index (χ2v) is 13.4. The van der Waals surface area contributed by atoms with Crippen molar-refractivity contribution in [1.29, 1.82) is 0 Å². The van der Waals surface area contributed by atoms with Gasteiger partial charge in [-0.2, -0.15) is 4.72 Å². The van der Waals surface area contributed by atoms with E-state index in [1.54, 1.807) is 19.2 Å². The average Bonchev–Trinajstić information content (AvgIpc) is 3.61. The topological polar surface area (TPSA) is 131 Å².